The van der Waals surface area contributed by atoms with E-state index in [0.29, 0.717) is 0 Å². The molecule has 0 heterocycles. The Hall–Kier alpha value is -3.91. The number of nitrogens with one attached hydrogen (secondary N) is 1. The first-order chi connectivity index (χ1) is 14.8. The molecule has 3 aromatic rings. The van der Waals surface area contributed by atoms with Crippen molar-refractivity contribution in [2.45, 2.75) is 12.3 Å². The molecule has 0 fully saturated rings. The molecule has 4 N–H and O–H groups in total. The number of aromatic hydroxyl groups is 1. The number of hydrogen-bond donors (Lipinski definition) is 3. The standard InChI is InChI=1S/C22H18ClN3O5/c23-18-12-14(26(30)31)9-10-19(18)25-22(29)17(11-13-5-2-1-3-6-13)15-7-4-8-16(20(15)27)21(24)28/h1-10,12,17,27H,11H2,(H2,24,28)(H,25,29). The third kappa shape index (κ3) is 4.99. The predicted molar refractivity (Wildman–Crippen MR) is 116 cm³/mol. The van der Waals surface area contributed by atoms with Crippen LogP contribution in [-0.4, -0.2) is 21.8 Å². The summed E-state index contributed by atoms with van der Waals surface area (Å²) < 4.78 is 0. The summed E-state index contributed by atoms with van der Waals surface area (Å²) in [5.74, 6) is -2.61. The first kappa shape index (κ1) is 21.8. The Labute approximate surface area is 182 Å². The van der Waals surface area contributed by atoms with E-state index >= 15 is 0 Å². The Kier molecular flexibility index (Phi) is 6.52. The van der Waals surface area contributed by atoms with Crippen LogP contribution in [0.2, 0.25) is 5.02 Å². The fraction of sp³-hybridized carbons (Fsp3) is 0.0909. The second-order valence-corrected chi connectivity index (χ2v) is 7.17. The summed E-state index contributed by atoms with van der Waals surface area (Å²) >= 11 is 6.10. The molecule has 3 rings (SSSR count). The molecule has 31 heavy (non-hydrogen) atoms. The van der Waals surface area contributed by atoms with Gasteiger partial charge in [0, 0.05) is 17.7 Å². The quantitative estimate of drug-likeness (QED) is 0.377. The summed E-state index contributed by atoms with van der Waals surface area (Å²) in [6.45, 7) is 0. The monoisotopic (exact) mass is 439 g/mol. The molecule has 0 radical (unpaired) electrons. The number of amides is 2. The van der Waals surface area contributed by atoms with Gasteiger partial charge in [0.1, 0.15) is 5.75 Å². The van der Waals surface area contributed by atoms with Crippen LogP contribution >= 0.6 is 11.6 Å². The number of primary amides is 1. The van der Waals surface area contributed by atoms with Crippen LogP contribution < -0.4 is 11.1 Å². The van der Waals surface area contributed by atoms with E-state index in [4.69, 9.17) is 17.3 Å². The molecule has 0 bridgehead atoms. The van der Waals surface area contributed by atoms with Gasteiger partial charge in [-0.2, -0.15) is 0 Å². The summed E-state index contributed by atoms with van der Waals surface area (Å²) in [6, 6.07) is 17.2. The SMILES string of the molecule is NC(=O)c1cccc(C(Cc2ccccc2)C(=O)Nc2ccc([N+](=O)[O-])cc2Cl)c1O. The summed E-state index contributed by atoms with van der Waals surface area (Å²) in [4.78, 5) is 35.1. The van der Waals surface area contributed by atoms with E-state index in [-0.39, 0.29) is 39.7 Å². The molecular weight excluding hydrogens is 422 g/mol. The predicted octanol–water partition coefficient (Wildman–Crippen LogP) is 4.02. The molecule has 2 amide bonds. The summed E-state index contributed by atoms with van der Waals surface area (Å²) in [5, 5.41) is 24.1. The Morgan fingerprint density at radius 2 is 1.81 bits per heavy atom. The summed E-state index contributed by atoms with van der Waals surface area (Å²) in [7, 11) is 0. The minimum Gasteiger partial charge on any atom is -0.507 e. The zero-order chi connectivity index (χ0) is 22.5. The van der Waals surface area contributed by atoms with Crippen LogP contribution in [0.5, 0.6) is 5.75 Å². The Balaban J connectivity index is 1.99. The average Bonchev–Trinajstić information content (AvgIpc) is 2.74. The molecular formula is C22H18ClN3O5. The van der Waals surface area contributed by atoms with Crippen LogP contribution in [0.25, 0.3) is 0 Å². The molecule has 3 aromatic carbocycles. The molecule has 0 spiro atoms. The molecule has 1 unspecified atom stereocenters. The lowest BCUT2D eigenvalue weighted by Gasteiger charge is -2.20. The highest BCUT2D eigenvalue weighted by Gasteiger charge is 2.27. The van der Waals surface area contributed by atoms with Crippen molar-refractivity contribution >= 4 is 34.8 Å². The van der Waals surface area contributed by atoms with E-state index in [1.807, 2.05) is 30.3 Å². The van der Waals surface area contributed by atoms with Gasteiger partial charge < -0.3 is 16.2 Å². The highest BCUT2D eigenvalue weighted by Crippen LogP contribution is 2.34. The lowest BCUT2D eigenvalue weighted by atomic mass is 9.89. The number of benzene rings is 3. The van der Waals surface area contributed by atoms with Crippen molar-refractivity contribution in [1.82, 2.24) is 0 Å². The second-order valence-electron chi connectivity index (χ2n) is 6.76. The van der Waals surface area contributed by atoms with Crippen molar-refractivity contribution in [2.24, 2.45) is 5.73 Å². The fourth-order valence-electron chi connectivity index (χ4n) is 3.17. The topological polar surface area (TPSA) is 136 Å². The van der Waals surface area contributed by atoms with Gasteiger partial charge in [-0.15, -0.1) is 0 Å². The Morgan fingerprint density at radius 1 is 1.10 bits per heavy atom. The average molecular weight is 440 g/mol. The van der Waals surface area contributed by atoms with E-state index < -0.39 is 22.7 Å². The van der Waals surface area contributed by atoms with Gasteiger partial charge in [-0.25, -0.2) is 0 Å². The van der Waals surface area contributed by atoms with Gasteiger partial charge in [-0.1, -0.05) is 54.1 Å². The summed E-state index contributed by atoms with van der Waals surface area (Å²) in [6.07, 6.45) is 0.215. The first-order valence-electron chi connectivity index (χ1n) is 9.18. The lowest BCUT2D eigenvalue weighted by molar-refractivity contribution is -0.384. The number of carbonyl (C=O) groups excluding carboxylic acids is 2. The van der Waals surface area contributed by atoms with Gasteiger partial charge in [0.2, 0.25) is 5.91 Å². The number of anilines is 1. The van der Waals surface area contributed by atoms with Crippen LogP contribution in [-0.2, 0) is 11.2 Å². The third-order valence-electron chi connectivity index (χ3n) is 4.73. The molecule has 1 atom stereocenters. The van der Waals surface area contributed by atoms with E-state index in [2.05, 4.69) is 5.32 Å². The van der Waals surface area contributed by atoms with Crippen molar-refractivity contribution in [2.75, 3.05) is 5.32 Å². The Bertz CT molecular complexity index is 1150. The van der Waals surface area contributed by atoms with Crippen molar-refractivity contribution < 1.29 is 19.6 Å². The largest absolute Gasteiger partial charge is 0.507 e. The zero-order valence-corrected chi connectivity index (χ0v) is 16.9. The number of non-ortho nitro benzene ring substituents is 1. The molecule has 0 aliphatic carbocycles. The number of rotatable bonds is 7. The van der Waals surface area contributed by atoms with E-state index in [1.165, 1.54) is 30.3 Å². The van der Waals surface area contributed by atoms with Crippen molar-refractivity contribution in [1.29, 1.82) is 0 Å². The van der Waals surface area contributed by atoms with Gasteiger partial charge in [-0.05, 0) is 24.1 Å². The second kappa shape index (κ2) is 9.27. The normalized spacial score (nSPS) is 11.5. The highest BCUT2D eigenvalue weighted by molar-refractivity contribution is 6.34. The highest BCUT2D eigenvalue weighted by atomic mass is 35.5. The number of hydrogen-bond acceptors (Lipinski definition) is 5. The van der Waals surface area contributed by atoms with Crippen molar-refractivity contribution in [3.05, 3.63) is 98.6 Å². The van der Waals surface area contributed by atoms with Crippen molar-refractivity contribution in [3.8, 4) is 5.75 Å². The number of nitrogens with zero attached hydrogens (tertiary/aromatic N) is 1. The number of carbonyl (C=O) groups is 2. The van der Waals surface area contributed by atoms with E-state index in [0.717, 1.165) is 11.6 Å². The van der Waals surface area contributed by atoms with Gasteiger partial charge in [0.25, 0.3) is 11.6 Å². The number of nitro benzene ring substituents is 1. The van der Waals surface area contributed by atoms with Crippen LogP contribution in [0.3, 0.4) is 0 Å². The smallest absolute Gasteiger partial charge is 0.271 e. The number of nitro groups is 1. The third-order valence-corrected chi connectivity index (χ3v) is 5.04. The van der Waals surface area contributed by atoms with Gasteiger partial charge >= 0.3 is 0 Å². The van der Waals surface area contributed by atoms with E-state index in [9.17, 15) is 24.8 Å². The van der Waals surface area contributed by atoms with Gasteiger partial charge in [0.05, 0.1) is 27.1 Å². The summed E-state index contributed by atoms with van der Waals surface area (Å²) in [5.41, 5.74) is 6.23. The molecule has 0 saturated carbocycles. The molecule has 0 saturated heterocycles. The number of nitrogens with two attached hydrogens (primary N) is 1. The molecule has 158 valence electrons. The molecule has 0 aliphatic rings. The van der Waals surface area contributed by atoms with Crippen molar-refractivity contribution in [3.63, 3.8) is 0 Å². The maximum Gasteiger partial charge on any atom is 0.271 e. The zero-order valence-electron chi connectivity index (χ0n) is 16.1. The maximum absolute atomic E-state index is 13.2. The van der Waals surface area contributed by atoms with Gasteiger partial charge in [0.15, 0.2) is 0 Å². The maximum atomic E-state index is 13.2. The fourth-order valence-corrected chi connectivity index (χ4v) is 3.40. The van der Waals surface area contributed by atoms with Crippen LogP contribution in [0.1, 0.15) is 27.4 Å². The van der Waals surface area contributed by atoms with Crippen LogP contribution in [0, 0.1) is 10.1 Å². The van der Waals surface area contributed by atoms with E-state index in [1.54, 1.807) is 0 Å². The van der Waals surface area contributed by atoms with Crippen LogP contribution in [0.4, 0.5) is 11.4 Å². The number of phenols is 1. The molecule has 0 aliphatic heterocycles. The Morgan fingerprint density at radius 3 is 2.42 bits per heavy atom. The van der Waals surface area contributed by atoms with Gasteiger partial charge in [-0.3, -0.25) is 19.7 Å². The first-order valence-corrected chi connectivity index (χ1v) is 9.56. The molecule has 0 aromatic heterocycles. The molecule has 8 nitrogen and oxygen atoms in total. The number of halogens is 1. The number of para-hydroxylation sites is 1. The minimum atomic E-state index is -0.895. The lowest BCUT2D eigenvalue weighted by Crippen LogP contribution is -2.24. The molecule has 9 heteroatoms. The van der Waals surface area contributed by atoms with Crippen LogP contribution in [0.15, 0.2) is 66.7 Å². The minimum absolute atomic E-state index is 0.00359.